The fourth-order valence-corrected chi connectivity index (χ4v) is 3.53. The Morgan fingerprint density at radius 3 is 1.83 bits per heavy atom. The van der Waals surface area contributed by atoms with Gasteiger partial charge in [0, 0.05) is 6.54 Å². The number of sulfonamides is 1. The van der Waals surface area contributed by atoms with E-state index in [-0.39, 0.29) is 5.75 Å². The highest BCUT2D eigenvalue weighted by molar-refractivity contribution is 7.89. The van der Waals surface area contributed by atoms with Gasteiger partial charge in [0.05, 0.1) is 5.75 Å². The van der Waals surface area contributed by atoms with Gasteiger partial charge in [0.15, 0.2) is 0 Å². The Hall–Kier alpha value is -0.170. The van der Waals surface area contributed by atoms with Crippen LogP contribution in [0.4, 0.5) is 0 Å². The summed E-state index contributed by atoms with van der Waals surface area (Å²) in [7, 11) is -3.07. The van der Waals surface area contributed by atoms with Gasteiger partial charge in [0.1, 0.15) is 0 Å². The Balaban J connectivity index is 3.35. The fourth-order valence-electron chi connectivity index (χ4n) is 2.35. The van der Waals surface area contributed by atoms with E-state index in [1.54, 1.807) is 0 Å². The van der Waals surface area contributed by atoms with Crippen molar-refractivity contribution in [1.29, 1.82) is 0 Å². The molecule has 0 aromatic heterocycles. The highest BCUT2D eigenvalue weighted by Crippen LogP contribution is 2.05. The van der Waals surface area contributed by atoms with Crippen LogP contribution in [0.3, 0.4) is 0 Å². The highest BCUT2D eigenvalue weighted by atomic mass is 32.2. The van der Waals surface area contributed by atoms with Gasteiger partial charge in [-0.15, -0.1) is 0 Å². The number of rotatable bonds is 18. The minimum atomic E-state index is -3.07. The van der Waals surface area contributed by atoms with E-state index >= 15 is 0 Å². The molecule has 5 nitrogen and oxygen atoms in total. The summed E-state index contributed by atoms with van der Waals surface area (Å²) in [6.07, 6.45) is 9.80. The minimum Gasteiger partial charge on any atom is -0.317 e. The lowest BCUT2D eigenvalue weighted by Gasteiger charge is -2.08. The first kappa shape index (κ1) is 22.8. The van der Waals surface area contributed by atoms with Gasteiger partial charge in [0.25, 0.3) is 0 Å². The summed E-state index contributed by atoms with van der Waals surface area (Å²) in [6.45, 7) is 8.88. The summed E-state index contributed by atoms with van der Waals surface area (Å²) in [5, 5.41) is 6.71. The second-order valence-electron chi connectivity index (χ2n) is 6.19. The monoisotopic (exact) mass is 349 g/mol. The molecule has 0 amide bonds. The minimum absolute atomic E-state index is 0.273. The topological polar surface area (TPSA) is 70.2 Å². The molecule has 23 heavy (non-hydrogen) atoms. The molecule has 0 radical (unpaired) electrons. The lowest BCUT2D eigenvalue weighted by atomic mass is 10.1. The van der Waals surface area contributed by atoms with Crippen molar-refractivity contribution in [2.75, 3.05) is 38.5 Å². The van der Waals surface area contributed by atoms with Crippen LogP contribution in [0, 0.1) is 0 Å². The van der Waals surface area contributed by atoms with Crippen molar-refractivity contribution < 1.29 is 8.42 Å². The molecule has 6 heteroatoms. The third kappa shape index (κ3) is 18.0. The molecule has 0 spiro atoms. The van der Waals surface area contributed by atoms with Crippen LogP contribution in [0.2, 0.25) is 0 Å². The molecule has 0 aliphatic rings. The van der Waals surface area contributed by atoms with Crippen molar-refractivity contribution in [1.82, 2.24) is 15.4 Å². The summed E-state index contributed by atoms with van der Waals surface area (Å²) in [4.78, 5) is 0. The van der Waals surface area contributed by atoms with Crippen LogP contribution in [-0.4, -0.2) is 46.9 Å². The Kier molecular flexibility index (Phi) is 16.6. The van der Waals surface area contributed by atoms with Crippen LogP contribution in [0.15, 0.2) is 0 Å². The van der Waals surface area contributed by atoms with Crippen molar-refractivity contribution in [3.8, 4) is 0 Å². The first-order valence-electron chi connectivity index (χ1n) is 9.51. The third-order valence-electron chi connectivity index (χ3n) is 3.75. The van der Waals surface area contributed by atoms with Crippen molar-refractivity contribution >= 4 is 10.0 Å². The standard InChI is InChI=1S/C17H39N3O2S/c1-3-5-6-7-8-9-17-23(21,22)20-16-11-15-19-14-10-13-18-12-4-2/h18-20H,3-17H2,1-2H3. The summed E-state index contributed by atoms with van der Waals surface area (Å²) in [5.74, 6) is 0.273. The molecular weight excluding hydrogens is 310 g/mol. The smallest absolute Gasteiger partial charge is 0.211 e. The van der Waals surface area contributed by atoms with E-state index in [2.05, 4.69) is 29.2 Å². The van der Waals surface area contributed by atoms with Gasteiger partial charge in [-0.2, -0.15) is 0 Å². The summed E-state index contributed by atoms with van der Waals surface area (Å²) < 4.78 is 26.3. The maximum absolute atomic E-state index is 11.8. The van der Waals surface area contributed by atoms with Crippen LogP contribution in [0.1, 0.15) is 71.6 Å². The van der Waals surface area contributed by atoms with E-state index in [0.29, 0.717) is 6.54 Å². The van der Waals surface area contributed by atoms with Crippen molar-refractivity contribution in [3.63, 3.8) is 0 Å². The lowest BCUT2D eigenvalue weighted by Crippen LogP contribution is -2.30. The molecule has 0 unspecified atom stereocenters. The van der Waals surface area contributed by atoms with Crippen LogP contribution >= 0.6 is 0 Å². The van der Waals surface area contributed by atoms with Crippen molar-refractivity contribution in [3.05, 3.63) is 0 Å². The second-order valence-corrected chi connectivity index (χ2v) is 8.11. The first-order chi connectivity index (χ1) is 11.1. The predicted molar refractivity (Wildman–Crippen MR) is 100 cm³/mol. The normalized spacial score (nSPS) is 11.9. The van der Waals surface area contributed by atoms with Crippen molar-refractivity contribution in [2.45, 2.75) is 71.6 Å². The van der Waals surface area contributed by atoms with E-state index < -0.39 is 10.0 Å². The zero-order valence-electron chi connectivity index (χ0n) is 15.3. The maximum Gasteiger partial charge on any atom is 0.211 e. The fraction of sp³-hybridized carbons (Fsp3) is 1.00. The predicted octanol–water partition coefficient (Wildman–Crippen LogP) is 2.64. The van der Waals surface area contributed by atoms with Gasteiger partial charge < -0.3 is 10.6 Å². The van der Waals surface area contributed by atoms with E-state index in [0.717, 1.165) is 58.3 Å². The van der Waals surface area contributed by atoms with Crippen LogP contribution in [0.25, 0.3) is 0 Å². The number of unbranched alkanes of at least 4 members (excludes halogenated alkanes) is 5. The van der Waals surface area contributed by atoms with Gasteiger partial charge in [-0.25, -0.2) is 13.1 Å². The molecule has 0 rings (SSSR count). The zero-order chi connectivity index (χ0) is 17.2. The second kappa shape index (κ2) is 16.7. The number of hydrogen-bond acceptors (Lipinski definition) is 4. The average molecular weight is 350 g/mol. The summed E-state index contributed by atoms with van der Waals surface area (Å²) >= 11 is 0. The van der Waals surface area contributed by atoms with E-state index in [1.807, 2.05) is 0 Å². The van der Waals surface area contributed by atoms with Crippen LogP contribution < -0.4 is 15.4 Å². The molecular formula is C17H39N3O2S. The lowest BCUT2D eigenvalue weighted by molar-refractivity contribution is 0.559. The van der Waals surface area contributed by atoms with E-state index in [4.69, 9.17) is 0 Å². The Labute approximate surface area is 144 Å². The molecule has 0 saturated heterocycles. The molecule has 0 saturated carbocycles. The summed E-state index contributed by atoms with van der Waals surface area (Å²) in [5.41, 5.74) is 0. The Morgan fingerprint density at radius 2 is 1.17 bits per heavy atom. The van der Waals surface area contributed by atoms with Gasteiger partial charge in [-0.05, 0) is 51.9 Å². The first-order valence-corrected chi connectivity index (χ1v) is 11.2. The SMILES string of the molecule is CCCCCCCCS(=O)(=O)NCCCNCCCNCCC. The summed E-state index contributed by atoms with van der Waals surface area (Å²) in [6, 6.07) is 0. The van der Waals surface area contributed by atoms with E-state index in [1.165, 1.54) is 25.7 Å². The van der Waals surface area contributed by atoms with Gasteiger partial charge in [-0.3, -0.25) is 0 Å². The zero-order valence-corrected chi connectivity index (χ0v) is 16.1. The van der Waals surface area contributed by atoms with Crippen LogP contribution in [0.5, 0.6) is 0 Å². The molecule has 0 bridgehead atoms. The molecule has 0 heterocycles. The Bertz CT molecular complexity index is 335. The van der Waals surface area contributed by atoms with Crippen molar-refractivity contribution in [2.24, 2.45) is 0 Å². The van der Waals surface area contributed by atoms with Crippen LogP contribution in [-0.2, 0) is 10.0 Å². The largest absolute Gasteiger partial charge is 0.317 e. The highest BCUT2D eigenvalue weighted by Gasteiger charge is 2.08. The van der Waals surface area contributed by atoms with Gasteiger partial charge >= 0.3 is 0 Å². The molecule has 0 aromatic carbocycles. The molecule has 0 aliphatic carbocycles. The average Bonchev–Trinajstić information content (AvgIpc) is 2.52. The molecule has 3 N–H and O–H groups in total. The van der Waals surface area contributed by atoms with Gasteiger partial charge in [-0.1, -0.05) is 46.0 Å². The molecule has 0 fully saturated rings. The quantitative estimate of drug-likeness (QED) is 0.333. The Morgan fingerprint density at radius 1 is 0.609 bits per heavy atom. The molecule has 140 valence electrons. The molecule has 0 aromatic rings. The third-order valence-corrected chi connectivity index (χ3v) is 5.22. The number of hydrogen-bond donors (Lipinski definition) is 3. The maximum atomic E-state index is 11.8. The number of nitrogens with one attached hydrogen (secondary N) is 3. The van der Waals surface area contributed by atoms with E-state index in [9.17, 15) is 8.42 Å². The van der Waals surface area contributed by atoms with Gasteiger partial charge in [0.2, 0.25) is 10.0 Å². The molecule has 0 aliphatic heterocycles. The molecule has 0 atom stereocenters.